The van der Waals surface area contributed by atoms with Gasteiger partial charge in [-0.2, -0.15) is 0 Å². The van der Waals surface area contributed by atoms with Crippen molar-refractivity contribution in [2.45, 2.75) is 43.7 Å². The Kier molecular flexibility index (Phi) is 5.83. The van der Waals surface area contributed by atoms with Gasteiger partial charge in [-0.3, -0.25) is 4.79 Å². The van der Waals surface area contributed by atoms with E-state index in [0.29, 0.717) is 24.9 Å². The van der Waals surface area contributed by atoms with Crippen molar-refractivity contribution in [1.82, 2.24) is 24.5 Å². The zero-order chi connectivity index (χ0) is 19.6. The number of aryl methyl sites for hydroxylation is 2. The molecule has 3 rings (SSSR count). The van der Waals surface area contributed by atoms with Crippen molar-refractivity contribution in [2.24, 2.45) is 0 Å². The molecule has 1 fully saturated rings. The number of carbonyl (C=O) groups excluding carboxylic acids is 1. The van der Waals surface area contributed by atoms with Crippen LogP contribution in [-0.4, -0.2) is 61.4 Å². The summed E-state index contributed by atoms with van der Waals surface area (Å²) in [5.41, 5.74) is 1.51. The molecule has 0 saturated carbocycles. The van der Waals surface area contributed by atoms with E-state index in [4.69, 9.17) is 0 Å². The Balaban J connectivity index is 1.79. The average Bonchev–Trinajstić information content (AvgIpc) is 3.25. The molecule has 1 atom stereocenters. The molecule has 9 heteroatoms. The maximum Gasteiger partial charge on any atom is 0.242 e. The third-order valence-corrected chi connectivity index (χ3v) is 6.71. The number of carbonyl (C=O) groups is 1. The molecule has 0 bridgehead atoms. The minimum absolute atomic E-state index is 0.0225. The molecular weight excluding hydrogens is 366 g/mol. The van der Waals surface area contributed by atoms with Crippen LogP contribution in [0.1, 0.15) is 25.6 Å². The van der Waals surface area contributed by atoms with Crippen molar-refractivity contribution in [3.05, 3.63) is 24.0 Å². The van der Waals surface area contributed by atoms with Crippen molar-refractivity contribution in [2.75, 3.05) is 27.2 Å². The van der Waals surface area contributed by atoms with Crippen molar-refractivity contribution >= 4 is 27.0 Å². The molecule has 1 amide bonds. The molecule has 0 spiro atoms. The molecule has 148 valence electrons. The molecule has 2 N–H and O–H groups in total. The highest BCUT2D eigenvalue weighted by atomic mass is 32.2. The normalized spacial score (nSPS) is 17.7. The first-order chi connectivity index (χ1) is 12.8. The minimum atomic E-state index is -3.50. The summed E-state index contributed by atoms with van der Waals surface area (Å²) in [5, 5.41) is 6.27. The Bertz CT molecular complexity index is 930. The topological polar surface area (TPSA) is 96.3 Å². The maximum atomic E-state index is 12.3. The summed E-state index contributed by atoms with van der Waals surface area (Å²) < 4.78 is 27.9. The second kappa shape index (κ2) is 7.95. The van der Waals surface area contributed by atoms with E-state index in [1.165, 1.54) is 18.4 Å². The molecular formula is C18H27N5O3S. The average molecular weight is 394 g/mol. The first-order valence-corrected chi connectivity index (χ1v) is 10.7. The summed E-state index contributed by atoms with van der Waals surface area (Å²) in [5.74, 6) is 0.820. The largest absolute Gasteiger partial charge is 0.352 e. The number of hydrogen-bond acceptors (Lipinski definition) is 5. The highest BCUT2D eigenvalue weighted by Crippen LogP contribution is 2.22. The van der Waals surface area contributed by atoms with Crippen LogP contribution in [0.15, 0.2) is 23.1 Å². The molecule has 1 aromatic carbocycles. The van der Waals surface area contributed by atoms with Crippen LogP contribution in [0.3, 0.4) is 0 Å². The van der Waals surface area contributed by atoms with Crippen LogP contribution in [0.25, 0.3) is 11.0 Å². The third kappa shape index (κ3) is 4.15. The molecule has 27 heavy (non-hydrogen) atoms. The number of nitrogens with one attached hydrogen (secondary N) is 2. The summed E-state index contributed by atoms with van der Waals surface area (Å²) in [7, 11) is -0.488. The predicted octanol–water partition coefficient (Wildman–Crippen LogP) is 0.717. The van der Waals surface area contributed by atoms with Crippen LogP contribution in [0.4, 0.5) is 0 Å². The van der Waals surface area contributed by atoms with Gasteiger partial charge in [0.1, 0.15) is 5.82 Å². The van der Waals surface area contributed by atoms with Gasteiger partial charge in [0.05, 0.1) is 15.9 Å². The van der Waals surface area contributed by atoms with E-state index in [2.05, 4.69) is 15.6 Å². The summed E-state index contributed by atoms with van der Waals surface area (Å²) in [6, 6.07) is 5.21. The lowest BCUT2D eigenvalue weighted by Crippen LogP contribution is -2.36. The lowest BCUT2D eigenvalue weighted by molar-refractivity contribution is -0.121. The fourth-order valence-electron chi connectivity index (χ4n) is 3.38. The van der Waals surface area contributed by atoms with Crippen LogP contribution in [0.5, 0.6) is 0 Å². The summed E-state index contributed by atoms with van der Waals surface area (Å²) >= 11 is 0. The van der Waals surface area contributed by atoms with E-state index >= 15 is 0 Å². The van der Waals surface area contributed by atoms with E-state index in [1.54, 1.807) is 18.2 Å². The molecule has 1 aliphatic rings. The van der Waals surface area contributed by atoms with Gasteiger partial charge in [-0.05, 0) is 38.1 Å². The smallest absolute Gasteiger partial charge is 0.242 e. The van der Waals surface area contributed by atoms with Crippen LogP contribution >= 0.6 is 0 Å². The fourth-order valence-corrected chi connectivity index (χ4v) is 4.30. The highest BCUT2D eigenvalue weighted by Gasteiger charge is 2.20. The first kappa shape index (κ1) is 19.8. The number of rotatable bonds is 7. The SMILES string of the molecule is CCn1c(CCC(=O)NC2CCNC2)nc2cc(S(=O)(=O)N(C)C)ccc21. The number of nitrogens with zero attached hydrogens (tertiary/aromatic N) is 3. The molecule has 0 aliphatic carbocycles. The molecule has 2 heterocycles. The van der Waals surface area contributed by atoms with E-state index in [-0.39, 0.29) is 16.8 Å². The molecule has 2 aromatic rings. The quantitative estimate of drug-likeness (QED) is 0.723. The van der Waals surface area contributed by atoms with Gasteiger partial charge in [-0.1, -0.05) is 0 Å². The third-order valence-electron chi connectivity index (χ3n) is 4.89. The monoisotopic (exact) mass is 393 g/mol. The van der Waals surface area contributed by atoms with E-state index in [1.807, 2.05) is 11.5 Å². The van der Waals surface area contributed by atoms with Gasteiger partial charge in [0, 0.05) is 46.1 Å². The van der Waals surface area contributed by atoms with Gasteiger partial charge in [0.2, 0.25) is 15.9 Å². The summed E-state index contributed by atoms with van der Waals surface area (Å²) in [6.07, 6.45) is 1.84. The number of imidazole rings is 1. The zero-order valence-corrected chi connectivity index (χ0v) is 16.8. The number of fused-ring (bicyclic) bond motifs is 1. The Morgan fingerprint density at radius 3 is 2.81 bits per heavy atom. The second-order valence-electron chi connectivity index (χ2n) is 6.97. The van der Waals surface area contributed by atoms with Gasteiger partial charge in [-0.15, -0.1) is 0 Å². The van der Waals surface area contributed by atoms with E-state index in [0.717, 1.165) is 30.9 Å². The fraction of sp³-hybridized carbons (Fsp3) is 0.556. The lowest BCUT2D eigenvalue weighted by Gasteiger charge is -2.12. The van der Waals surface area contributed by atoms with Crippen molar-refractivity contribution < 1.29 is 13.2 Å². The van der Waals surface area contributed by atoms with Crippen LogP contribution in [0, 0.1) is 0 Å². The molecule has 1 saturated heterocycles. The second-order valence-corrected chi connectivity index (χ2v) is 9.12. The van der Waals surface area contributed by atoms with Crippen molar-refractivity contribution in [3.63, 3.8) is 0 Å². The zero-order valence-electron chi connectivity index (χ0n) is 16.0. The summed E-state index contributed by atoms with van der Waals surface area (Å²) in [4.78, 5) is 17.0. The minimum Gasteiger partial charge on any atom is -0.352 e. The van der Waals surface area contributed by atoms with Gasteiger partial charge in [-0.25, -0.2) is 17.7 Å². The van der Waals surface area contributed by atoms with Gasteiger partial charge in [0.15, 0.2) is 0 Å². The van der Waals surface area contributed by atoms with Gasteiger partial charge in [0.25, 0.3) is 0 Å². The van der Waals surface area contributed by atoms with E-state index in [9.17, 15) is 13.2 Å². The number of aromatic nitrogens is 2. The molecule has 1 aliphatic heterocycles. The van der Waals surface area contributed by atoms with Crippen LogP contribution < -0.4 is 10.6 Å². The lowest BCUT2D eigenvalue weighted by atomic mass is 10.2. The van der Waals surface area contributed by atoms with Gasteiger partial charge < -0.3 is 15.2 Å². The highest BCUT2D eigenvalue weighted by molar-refractivity contribution is 7.89. The molecule has 8 nitrogen and oxygen atoms in total. The standard InChI is InChI=1S/C18H27N5O3S/c1-4-23-16-6-5-14(27(25,26)22(2)3)11-15(16)21-17(23)7-8-18(24)20-13-9-10-19-12-13/h5-6,11,13,19H,4,7-10,12H2,1-3H3,(H,20,24). The van der Waals surface area contributed by atoms with Gasteiger partial charge >= 0.3 is 0 Å². The number of sulfonamides is 1. The first-order valence-electron chi connectivity index (χ1n) is 9.24. The maximum absolute atomic E-state index is 12.3. The van der Waals surface area contributed by atoms with Crippen LogP contribution in [-0.2, 0) is 27.8 Å². The molecule has 0 radical (unpaired) electrons. The van der Waals surface area contributed by atoms with Crippen molar-refractivity contribution in [3.8, 4) is 0 Å². The Hall–Kier alpha value is -1.97. The Morgan fingerprint density at radius 1 is 1.41 bits per heavy atom. The van der Waals surface area contributed by atoms with Crippen molar-refractivity contribution in [1.29, 1.82) is 0 Å². The van der Waals surface area contributed by atoms with Crippen LogP contribution in [0.2, 0.25) is 0 Å². The number of hydrogen-bond donors (Lipinski definition) is 2. The molecule has 1 aromatic heterocycles. The van der Waals surface area contributed by atoms with E-state index < -0.39 is 10.0 Å². The molecule has 1 unspecified atom stereocenters. The predicted molar refractivity (Wildman–Crippen MR) is 104 cm³/mol. The Morgan fingerprint density at radius 2 is 2.19 bits per heavy atom. The number of amides is 1. The summed E-state index contributed by atoms with van der Waals surface area (Å²) in [6.45, 7) is 4.48. The Labute approximate surface area is 160 Å². The number of benzene rings is 1.